The molecule has 31 heavy (non-hydrogen) atoms. The number of carbonyl (C=O) groups excluding carboxylic acids is 1. The number of thioether (sulfide) groups is 1. The molecule has 1 saturated heterocycles. The summed E-state index contributed by atoms with van der Waals surface area (Å²) in [6.45, 7) is 4.92. The van der Waals surface area contributed by atoms with E-state index in [9.17, 15) is 4.79 Å². The second kappa shape index (κ2) is 11.3. The van der Waals surface area contributed by atoms with Crippen molar-refractivity contribution in [1.29, 1.82) is 0 Å². The molecule has 1 aliphatic heterocycles. The maximum absolute atomic E-state index is 15.2. The Morgan fingerprint density at radius 2 is 2.06 bits per heavy atom. The monoisotopic (exact) mass is 444 g/mol. The molecule has 0 radical (unpaired) electrons. The molecule has 7 heteroatoms. The van der Waals surface area contributed by atoms with E-state index in [1.807, 2.05) is 12.1 Å². The zero-order valence-electron chi connectivity index (χ0n) is 18.9. The first kappa shape index (κ1) is 24.1. The van der Waals surface area contributed by atoms with Gasteiger partial charge in [0.15, 0.2) is 0 Å². The Bertz CT molecular complexity index is 791. The number of benzene rings is 1. The molecule has 1 heterocycles. The van der Waals surface area contributed by atoms with Crippen LogP contribution in [0.2, 0.25) is 0 Å². The normalized spacial score (nSPS) is 23.8. The van der Waals surface area contributed by atoms with E-state index in [0.717, 1.165) is 31.6 Å². The van der Waals surface area contributed by atoms with Crippen LogP contribution in [0.1, 0.15) is 42.1 Å². The molecule has 2 atom stereocenters. The summed E-state index contributed by atoms with van der Waals surface area (Å²) in [7, 11) is 2.11. The molecule has 2 aliphatic rings. The van der Waals surface area contributed by atoms with Crippen LogP contribution in [-0.4, -0.2) is 62.9 Å². The van der Waals surface area contributed by atoms with Crippen molar-refractivity contribution in [2.24, 2.45) is 5.92 Å². The van der Waals surface area contributed by atoms with Gasteiger partial charge in [-0.15, -0.1) is 11.8 Å². The van der Waals surface area contributed by atoms with Crippen LogP contribution in [-0.2, 0) is 11.3 Å². The molecule has 1 aromatic rings. The highest BCUT2D eigenvalue weighted by atomic mass is 32.2. The molecule has 0 aromatic heterocycles. The Morgan fingerprint density at radius 3 is 2.71 bits per heavy atom. The minimum Gasteiger partial charge on any atom is -0.462 e. The number of ether oxygens (including phenoxy) is 1. The van der Waals surface area contributed by atoms with Crippen LogP contribution in [0.15, 0.2) is 47.3 Å². The van der Waals surface area contributed by atoms with E-state index in [2.05, 4.69) is 42.5 Å². The third kappa shape index (κ3) is 7.51. The average molecular weight is 444 g/mol. The first-order valence-corrected chi connectivity index (χ1v) is 12.4. The van der Waals surface area contributed by atoms with Crippen LogP contribution in [0.5, 0.6) is 0 Å². The fourth-order valence-corrected chi connectivity index (χ4v) is 4.10. The third-order valence-electron chi connectivity index (χ3n) is 6.16. The lowest BCUT2D eigenvalue weighted by Gasteiger charge is -2.36. The van der Waals surface area contributed by atoms with E-state index in [-0.39, 0.29) is 5.97 Å². The minimum atomic E-state index is -1.11. The fraction of sp³-hybridized carbons (Fsp3) is 0.542. The molecule has 2 fully saturated rings. The van der Waals surface area contributed by atoms with Gasteiger partial charge in [-0.3, -0.25) is 4.90 Å². The van der Waals surface area contributed by atoms with Gasteiger partial charge in [0, 0.05) is 32.2 Å². The summed E-state index contributed by atoms with van der Waals surface area (Å²) in [6, 6.07) is 7.95. The summed E-state index contributed by atoms with van der Waals surface area (Å²) in [6.07, 6.45) is 10.8. The van der Waals surface area contributed by atoms with Gasteiger partial charge in [-0.1, -0.05) is 35.2 Å². The molecule has 0 bridgehead atoms. The van der Waals surface area contributed by atoms with Gasteiger partial charge in [0.25, 0.3) is 0 Å². The Kier molecular flexibility index (Phi) is 8.81. The molecule has 1 N–H and O–H groups in total. The number of rotatable bonds is 10. The predicted molar refractivity (Wildman–Crippen MR) is 130 cm³/mol. The smallest absolute Gasteiger partial charge is 0.338 e. The largest absolute Gasteiger partial charge is 0.462 e. The number of piperidine rings is 1. The zero-order chi connectivity index (χ0) is 22.3. The van der Waals surface area contributed by atoms with E-state index in [4.69, 9.17) is 4.74 Å². The second-order valence-electron chi connectivity index (χ2n) is 8.60. The van der Waals surface area contributed by atoms with Gasteiger partial charge >= 0.3 is 5.97 Å². The molecule has 0 spiro atoms. The van der Waals surface area contributed by atoms with Crippen LogP contribution in [0.4, 0.5) is 4.39 Å². The number of halogens is 1. The van der Waals surface area contributed by atoms with E-state index < -0.39 is 5.67 Å². The highest BCUT2D eigenvalue weighted by Gasteiger charge is 2.39. The number of nitrogens with one attached hydrogen (secondary N) is 1. The standard InChI is InChI=1S/C24H34BFN2O2S/c1-3-30-23(29)19-9-7-18(8-10-19)16-28-13-11-24(26,12-14-28)17-27-21-15-20(21)5-4-6-22(25)31-2/h4-10,20-21,27H,3,11-17,25H2,1-2H3/b5-4+,22-6-. The van der Waals surface area contributed by atoms with Crippen LogP contribution >= 0.6 is 11.8 Å². The minimum absolute atomic E-state index is 0.290. The Labute approximate surface area is 191 Å². The van der Waals surface area contributed by atoms with Gasteiger partial charge in [0.2, 0.25) is 0 Å². The van der Waals surface area contributed by atoms with Gasteiger partial charge in [-0.25, -0.2) is 9.18 Å². The van der Waals surface area contributed by atoms with E-state index in [1.54, 1.807) is 30.8 Å². The summed E-state index contributed by atoms with van der Waals surface area (Å²) in [4.78, 5) is 15.3. The molecule has 1 saturated carbocycles. The maximum Gasteiger partial charge on any atom is 0.338 e. The van der Waals surface area contributed by atoms with E-state index in [1.165, 1.54) is 4.80 Å². The summed E-state index contributed by atoms with van der Waals surface area (Å²) in [5.41, 5.74) is 0.592. The average Bonchev–Trinajstić information content (AvgIpc) is 3.53. The number of esters is 1. The molecule has 1 aromatic carbocycles. The van der Waals surface area contributed by atoms with Crippen LogP contribution in [0, 0.1) is 5.92 Å². The third-order valence-corrected chi connectivity index (χ3v) is 6.94. The lowest BCUT2D eigenvalue weighted by Crippen LogP contribution is -2.47. The van der Waals surface area contributed by atoms with Crippen molar-refractivity contribution >= 4 is 25.6 Å². The highest BCUT2D eigenvalue weighted by Crippen LogP contribution is 2.34. The van der Waals surface area contributed by atoms with Gasteiger partial charge in [0.1, 0.15) is 13.5 Å². The molecule has 1 aliphatic carbocycles. The molecule has 3 rings (SSSR count). The Balaban J connectivity index is 1.38. The topological polar surface area (TPSA) is 41.6 Å². The zero-order valence-corrected chi connectivity index (χ0v) is 19.7. The number of allylic oxidation sites excluding steroid dienone is 2. The molecule has 4 nitrogen and oxygen atoms in total. The van der Waals surface area contributed by atoms with Crippen molar-refractivity contribution in [1.82, 2.24) is 10.2 Å². The van der Waals surface area contributed by atoms with Gasteiger partial charge in [0.05, 0.1) is 12.2 Å². The number of likely N-dealkylation sites (tertiary alicyclic amines) is 1. The van der Waals surface area contributed by atoms with Crippen molar-refractivity contribution in [3.8, 4) is 0 Å². The summed E-state index contributed by atoms with van der Waals surface area (Å²) >= 11 is 1.75. The molecule has 2 unspecified atom stereocenters. The number of alkyl halides is 1. The SMILES string of the molecule is B/C(=C/C=C/C1CC1NCC1(F)CCN(Cc2ccc(C(=O)OCC)cc2)CC1)SC. The predicted octanol–water partition coefficient (Wildman–Crippen LogP) is 3.54. The Morgan fingerprint density at radius 1 is 1.35 bits per heavy atom. The Hall–Kier alpha value is -1.57. The first-order chi connectivity index (χ1) is 14.9. The lowest BCUT2D eigenvalue weighted by molar-refractivity contribution is 0.0522. The molecular formula is C24H34BFN2O2S. The lowest BCUT2D eigenvalue weighted by atomic mass is 9.93. The summed E-state index contributed by atoms with van der Waals surface area (Å²) in [5, 5.41) is 3.45. The van der Waals surface area contributed by atoms with E-state index in [0.29, 0.717) is 43.5 Å². The first-order valence-electron chi connectivity index (χ1n) is 11.2. The van der Waals surface area contributed by atoms with Crippen molar-refractivity contribution in [3.05, 3.63) is 58.4 Å². The summed E-state index contributed by atoms with van der Waals surface area (Å²) in [5.74, 6) is 0.244. The number of hydrogen-bond acceptors (Lipinski definition) is 5. The number of nitrogens with zero attached hydrogens (tertiary/aromatic N) is 1. The van der Waals surface area contributed by atoms with Gasteiger partial charge in [-0.05, 0) is 56.1 Å². The fourth-order valence-electron chi connectivity index (χ4n) is 3.89. The quantitative estimate of drug-likeness (QED) is 0.340. The summed E-state index contributed by atoms with van der Waals surface area (Å²) < 4.78 is 20.3. The van der Waals surface area contributed by atoms with Crippen molar-refractivity contribution < 1.29 is 13.9 Å². The molecule has 168 valence electrons. The highest BCUT2D eigenvalue weighted by molar-refractivity contribution is 8.03. The van der Waals surface area contributed by atoms with Crippen LogP contribution in [0.3, 0.4) is 0 Å². The van der Waals surface area contributed by atoms with Gasteiger partial charge in [-0.2, -0.15) is 0 Å². The van der Waals surface area contributed by atoms with Crippen molar-refractivity contribution in [2.45, 2.75) is 44.4 Å². The van der Waals surface area contributed by atoms with Gasteiger partial charge < -0.3 is 10.1 Å². The van der Waals surface area contributed by atoms with Crippen LogP contribution < -0.4 is 5.32 Å². The molecule has 0 amide bonds. The van der Waals surface area contributed by atoms with E-state index >= 15 is 4.39 Å². The second-order valence-corrected chi connectivity index (χ2v) is 9.65. The molecular weight excluding hydrogens is 410 g/mol. The van der Waals surface area contributed by atoms with Crippen molar-refractivity contribution in [3.63, 3.8) is 0 Å². The maximum atomic E-state index is 15.2. The van der Waals surface area contributed by atoms with Crippen molar-refractivity contribution in [2.75, 3.05) is 32.5 Å². The number of carbonyl (C=O) groups is 1. The number of hydrogen-bond donors (Lipinski definition) is 1. The van der Waals surface area contributed by atoms with Crippen LogP contribution in [0.25, 0.3) is 0 Å².